The molecule has 13 heavy (non-hydrogen) atoms. The molecule has 1 atom stereocenters. The Bertz CT molecular complexity index is 228. The van der Waals surface area contributed by atoms with Gasteiger partial charge in [0.1, 0.15) is 0 Å². The second-order valence-corrected chi connectivity index (χ2v) is 3.61. The van der Waals surface area contributed by atoms with E-state index in [1.54, 1.807) is 11.9 Å². The van der Waals surface area contributed by atoms with Crippen LogP contribution in [0, 0.1) is 24.2 Å². The van der Waals surface area contributed by atoms with E-state index in [0.29, 0.717) is 12.5 Å². The smallest absolute Gasteiger partial charge is 0.226 e. The van der Waals surface area contributed by atoms with Crippen molar-refractivity contribution in [3.05, 3.63) is 0 Å². The summed E-state index contributed by atoms with van der Waals surface area (Å²) in [6.45, 7) is 4.29. The Labute approximate surface area is 79.5 Å². The molecule has 1 saturated heterocycles. The van der Waals surface area contributed by atoms with Crippen LogP contribution in [0.25, 0.3) is 0 Å². The lowest BCUT2D eigenvalue weighted by molar-refractivity contribution is -0.135. The van der Waals surface area contributed by atoms with Crippen LogP contribution in [0.2, 0.25) is 0 Å². The minimum Gasteiger partial charge on any atom is -0.334 e. The van der Waals surface area contributed by atoms with Crippen molar-refractivity contribution in [2.75, 3.05) is 26.7 Å². The van der Waals surface area contributed by atoms with E-state index >= 15 is 0 Å². The molecule has 0 spiro atoms. The summed E-state index contributed by atoms with van der Waals surface area (Å²) in [6.07, 6.45) is 5.13. The predicted octanol–water partition coefficient (Wildman–Crippen LogP) is -0.0665. The molecule has 0 saturated carbocycles. The number of nitrogens with one attached hydrogen (secondary N) is 1. The second-order valence-electron chi connectivity index (χ2n) is 3.61. The van der Waals surface area contributed by atoms with E-state index in [-0.39, 0.29) is 11.8 Å². The van der Waals surface area contributed by atoms with E-state index in [1.807, 2.05) is 6.92 Å². The van der Waals surface area contributed by atoms with Gasteiger partial charge in [0.25, 0.3) is 0 Å². The summed E-state index contributed by atoms with van der Waals surface area (Å²) in [4.78, 5) is 13.3. The van der Waals surface area contributed by atoms with E-state index in [9.17, 15) is 4.79 Å². The van der Waals surface area contributed by atoms with Crippen LogP contribution in [0.3, 0.4) is 0 Å². The Hall–Kier alpha value is -1.01. The molecule has 1 aliphatic rings. The Morgan fingerprint density at radius 3 is 2.77 bits per heavy atom. The molecule has 0 aromatic heterocycles. The molecule has 1 aliphatic heterocycles. The molecule has 3 nitrogen and oxygen atoms in total. The highest BCUT2D eigenvalue weighted by Gasteiger charge is 2.30. The first kappa shape index (κ1) is 10.1. The van der Waals surface area contributed by atoms with Gasteiger partial charge in [-0.1, -0.05) is 12.8 Å². The topological polar surface area (TPSA) is 32.3 Å². The summed E-state index contributed by atoms with van der Waals surface area (Å²) < 4.78 is 0. The van der Waals surface area contributed by atoms with Gasteiger partial charge in [-0.15, -0.1) is 6.42 Å². The fraction of sp³-hybridized carbons (Fsp3) is 0.700. The Balaban J connectivity index is 2.41. The molecule has 1 unspecified atom stereocenters. The third-order valence-electron chi connectivity index (χ3n) is 2.61. The molecule has 0 aliphatic carbocycles. The van der Waals surface area contributed by atoms with Crippen LogP contribution >= 0.6 is 0 Å². The highest BCUT2D eigenvalue weighted by Crippen LogP contribution is 2.17. The zero-order chi connectivity index (χ0) is 9.84. The van der Waals surface area contributed by atoms with Gasteiger partial charge in [0, 0.05) is 13.0 Å². The molecular weight excluding hydrogens is 164 g/mol. The average Bonchev–Trinajstić information content (AvgIpc) is 2.00. The van der Waals surface area contributed by atoms with E-state index in [4.69, 9.17) is 6.42 Å². The maximum Gasteiger partial charge on any atom is 0.226 e. The number of carbonyl (C=O) groups excluding carboxylic acids is 1. The van der Waals surface area contributed by atoms with Crippen LogP contribution < -0.4 is 5.32 Å². The number of amides is 1. The Kier molecular flexibility index (Phi) is 3.32. The van der Waals surface area contributed by atoms with E-state index in [0.717, 1.165) is 13.1 Å². The lowest BCUT2D eigenvalue weighted by Crippen LogP contribution is -2.49. The van der Waals surface area contributed by atoms with Crippen molar-refractivity contribution in [2.45, 2.75) is 6.92 Å². The number of terminal acetylenes is 1. The Morgan fingerprint density at radius 1 is 1.77 bits per heavy atom. The Morgan fingerprint density at radius 2 is 2.38 bits per heavy atom. The van der Waals surface area contributed by atoms with Gasteiger partial charge in [-0.3, -0.25) is 4.79 Å². The minimum absolute atomic E-state index is 0.0969. The zero-order valence-electron chi connectivity index (χ0n) is 8.21. The quantitative estimate of drug-likeness (QED) is 0.617. The normalized spacial score (nSPS) is 18.5. The molecule has 0 radical (unpaired) electrons. The number of hydrogen-bond acceptors (Lipinski definition) is 2. The van der Waals surface area contributed by atoms with Crippen molar-refractivity contribution in [1.29, 1.82) is 0 Å². The molecule has 1 fully saturated rings. The SMILES string of the molecule is C#CCN(C)C(=O)C(C)C1CNC1. The van der Waals surface area contributed by atoms with Crippen LogP contribution in [0.1, 0.15) is 6.92 Å². The fourth-order valence-electron chi connectivity index (χ4n) is 1.43. The molecule has 72 valence electrons. The molecule has 1 rings (SSSR count). The van der Waals surface area contributed by atoms with Crippen LogP contribution in [-0.4, -0.2) is 37.5 Å². The molecule has 3 heteroatoms. The maximum atomic E-state index is 11.7. The van der Waals surface area contributed by atoms with Gasteiger partial charge in [0.15, 0.2) is 0 Å². The summed E-state index contributed by atoms with van der Waals surface area (Å²) in [5.74, 6) is 3.21. The molecule has 1 N–H and O–H groups in total. The highest BCUT2D eigenvalue weighted by molar-refractivity contribution is 5.79. The lowest BCUT2D eigenvalue weighted by atomic mass is 9.88. The van der Waals surface area contributed by atoms with Gasteiger partial charge < -0.3 is 10.2 Å². The molecule has 1 heterocycles. The van der Waals surface area contributed by atoms with Crippen molar-refractivity contribution < 1.29 is 4.79 Å². The average molecular weight is 180 g/mol. The number of rotatable bonds is 3. The fourth-order valence-corrected chi connectivity index (χ4v) is 1.43. The molecule has 0 aromatic rings. The maximum absolute atomic E-state index is 11.7. The van der Waals surface area contributed by atoms with E-state index in [2.05, 4.69) is 11.2 Å². The summed E-state index contributed by atoms with van der Waals surface area (Å²) in [7, 11) is 1.75. The summed E-state index contributed by atoms with van der Waals surface area (Å²) >= 11 is 0. The number of carbonyl (C=O) groups is 1. The number of nitrogens with zero attached hydrogens (tertiary/aromatic N) is 1. The number of hydrogen-bond donors (Lipinski definition) is 1. The molecule has 0 bridgehead atoms. The van der Waals surface area contributed by atoms with Crippen molar-refractivity contribution in [2.24, 2.45) is 11.8 Å². The van der Waals surface area contributed by atoms with Crippen LogP contribution in [0.15, 0.2) is 0 Å². The van der Waals surface area contributed by atoms with Gasteiger partial charge in [-0.2, -0.15) is 0 Å². The van der Waals surface area contributed by atoms with Crippen molar-refractivity contribution in [1.82, 2.24) is 10.2 Å². The largest absolute Gasteiger partial charge is 0.334 e. The monoisotopic (exact) mass is 180 g/mol. The highest BCUT2D eigenvalue weighted by atomic mass is 16.2. The van der Waals surface area contributed by atoms with E-state index < -0.39 is 0 Å². The van der Waals surface area contributed by atoms with Gasteiger partial charge in [0.2, 0.25) is 5.91 Å². The van der Waals surface area contributed by atoms with Crippen LogP contribution in [0.5, 0.6) is 0 Å². The first-order valence-electron chi connectivity index (χ1n) is 4.56. The zero-order valence-corrected chi connectivity index (χ0v) is 8.21. The van der Waals surface area contributed by atoms with Gasteiger partial charge in [0.05, 0.1) is 6.54 Å². The third kappa shape index (κ3) is 2.22. The molecule has 1 amide bonds. The second kappa shape index (κ2) is 4.29. The van der Waals surface area contributed by atoms with E-state index in [1.165, 1.54) is 0 Å². The van der Waals surface area contributed by atoms with Gasteiger partial charge in [-0.25, -0.2) is 0 Å². The standard InChI is InChI=1S/C10H16N2O/c1-4-5-12(3)10(13)8(2)9-6-11-7-9/h1,8-9,11H,5-7H2,2-3H3. The van der Waals surface area contributed by atoms with Gasteiger partial charge >= 0.3 is 0 Å². The summed E-state index contributed by atoms with van der Waals surface area (Å²) in [6, 6.07) is 0. The molecular formula is C10H16N2O. The lowest BCUT2D eigenvalue weighted by Gasteiger charge is -2.33. The predicted molar refractivity (Wildman–Crippen MR) is 52.0 cm³/mol. The third-order valence-corrected chi connectivity index (χ3v) is 2.61. The summed E-state index contributed by atoms with van der Waals surface area (Å²) in [5, 5.41) is 3.16. The first-order chi connectivity index (χ1) is 6.16. The van der Waals surface area contributed by atoms with Crippen LogP contribution in [0.4, 0.5) is 0 Å². The van der Waals surface area contributed by atoms with Crippen LogP contribution in [-0.2, 0) is 4.79 Å². The van der Waals surface area contributed by atoms with Crippen molar-refractivity contribution in [3.8, 4) is 12.3 Å². The minimum atomic E-state index is 0.0969. The van der Waals surface area contributed by atoms with Crippen molar-refractivity contribution >= 4 is 5.91 Å². The van der Waals surface area contributed by atoms with Gasteiger partial charge in [-0.05, 0) is 19.0 Å². The first-order valence-corrected chi connectivity index (χ1v) is 4.56. The molecule has 0 aromatic carbocycles. The summed E-state index contributed by atoms with van der Waals surface area (Å²) in [5.41, 5.74) is 0. The van der Waals surface area contributed by atoms with Crippen molar-refractivity contribution in [3.63, 3.8) is 0 Å².